The molecule has 0 aliphatic carbocycles. The van der Waals surface area contributed by atoms with Crippen molar-refractivity contribution in [3.05, 3.63) is 58.3 Å². The maximum Gasteiger partial charge on any atom is 0.256 e. The second-order valence-corrected chi connectivity index (χ2v) is 8.41. The minimum Gasteiger partial charge on any atom is -0.379 e. The lowest BCUT2D eigenvalue weighted by atomic mass is 10.2. The molecule has 1 fully saturated rings. The van der Waals surface area contributed by atoms with Gasteiger partial charge in [-0.25, -0.2) is 12.8 Å². The molecular formula is C17H16BrFN2O4S. The Morgan fingerprint density at radius 1 is 1.15 bits per heavy atom. The number of benzene rings is 2. The quantitative estimate of drug-likeness (QED) is 0.789. The molecule has 2 aromatic carbocycles. The smallest absolute Gasteiger partial charge is 0.256 e. The second kappa shape index (κ2) is 7.83. The number of amides is 1. The minimum absolute atomic E-state index is 0.0792. The number of halogens is 2. The van der Waals surface area contributed by atoms with E-state index >= 15 is 0 Å². The molecule has 2 aromatic rings. The summed E-state index contributed by atoms with van der Waals surface area (Å²) in [4.78, 5) is 12.4. The number of sulfonamides is 1. The zero-order valence-corrected chi connectivity index (χ0v) is 16.0. The second-order valence-electron chi connectivity index (χ2n) is 5.62. The number of hydrogen-bond acceptors (Lipinski definition) is 4. The van der Waals surface area contributed by atoms with E-state index in [1.165, 1.54) is 28.6 Å². The van der Waals surface area contributed by atoms with Gasteiger partial charge in [-0.15, -0.1) is 0 Å². The Labute approximate surface area is 159 Å². The van der Waals surface area contributed by atoms with Crippen LogP contribution in [0, 0.1) is 5.82 Å². The van der Waals surface area contributed by atoms with E-state index in [-0.39, 0.29) is 23.5 Å². The van der Waals surface area contributed by atoms with E-state index in [2.05, 4.69) is 21.2 Å². The van der Waals surface area contributed by atoms with Crippen molar-refractivity contribution in [3.63, 3.8) is 0 Å². The van der Waals surface area contributed by atoms with Gasteiger partial charge in [-0.3, -0.25) is 4.79 Å². The van der Waals surface area contributed by atoms with Gasteiger partial charge in [0.05, 0.1) is 23.7 Å². The molecule has 9 heteroatoms. The number of nitrogens with zero attached hydrogens (tertiary/aromatic N) is 1. The number of carbonyl (C=O) groups excluding carboxylic acids is 1. The SMILES string of the molecule is O=C(Nc1cccc(S(=O)(=O)N2CCOCC2)c1)c1cc(F)ccc1Br. The molecule has 6 nitrogen and oxygen atoms in total. The Morgan fingerprint density at radius 3 is 2.62 bits per heavy atom. The van der Waals surface area contributed by atoms with Crippen LogP contribution < -0.4 is 5.32 Å². The van der Waals surface area contributed by atoms with Crippen LogP contribution in [0.1, 0.15) is 10.4 Å². The van der Waals surface area contributed by atoms with Gasteiger partial charge in [0.1, 0.15) is 5.82 Å². The maximum atomic E-state index is 13.4. The molecule has 26 heavy (non-hydrogen) atoms. The summed E-state index contributed by atoms with van der Waals surface area (Å²) in [7, 11) is -3.67. The van der Waals surface area contributed by atoms with Gasteiger partial charge in [-0.2, -0.15) is 4.31 Å². The fourth-order valence-electron chi connectivity index (χ4n) is 2.54. The molecule has 3 rings (SSSR count). The van der Waals surface area contributed by atoms with Gasteiger partial charge in [0.2, 0.25) is 10.0 Å². The summed E-state index contributed by atoms with van der Waals surface area (Å²) in [5.41, 5.74) is 0.423. The average Bonchev–Trinajstić information content (AvgIpc) is 2.64. The van der Waals surface area contributed by atoms with Crippen LogP contribution in [-0.4, -0.2) is 44.9 Å². The number of nitrogens with one attached hydrogen (secondary N) is 1. The predicted octanol–water partition coefficient (Wildman–Crippen LogP) is 2.86. The van der Waals surface area contributed by atoms with Gasteiger partial charge in [0.25, 0.3) is 5.91 Å². The monoisotopic (exact) mass is 442 g/mol. The van der Waals surface area contributed by atoms with E-state index in [0.29, 0.717) is 23.4 Å². The Kier molecular flexibility index (Phi) is 5.71. The molecule has 1 aliphatic rings. The van der Waals surface area contributed by atoms with Crippen LogP contribution in [0.15, 0.2) is 51.8 Å². The number of hydrogen-bond donors (Lipinski definition) is 1. The fourth-order valence-corrected chi connectivity index (χ4v) is 4.42. The Bertz CT molecular complexity index is 930. The van der Waals surface area contributed by atoms with E-state index in [0.717, 1.165) is 6.07 Å². The Balaban J connectivity index is 1.83. The zero-order valence-electron chi connectivity index (χ0n) is 13.6. The minimum atomic E-state index is -3.67. The van der Waals surface area contributed by atoms with E-state index in [1.807, 2.05) is 0 Å². The number of anilines is 1. The Morgan fingerprint density at radius 2 is 1.88 bits per heavy atom. The summed E-state index contributed by atoms with van der Waals surface area (Å²) >= 11 is 3.20. The van der Waals surface area contributed by atoms with Gasteiger partial charge in [0.15, 0.2) is 0 Å². The van der Waals surface area contributed by atoms with Crippen LogP contribution in [0.25, 0.3) is 0 Å². The molecule has 0 aromatic heterocycles. The fraction of sp³-hybridized carbons (Fsp3) is 0.235. The summed E-state index contributed by atoms with van der Waals surface area (Å²) in [6.07, 6.45) is 0. The third-order valence-electron chi connectivity index (χ3n) is 3.87. The van der Waals surface area contributed by atoms with Gasteiger partial charge in [-0.05, 0) is 52.3 Å². The molecule has 0 spiro atoms. The molecular weight excluding hydrogens is 427 g/mol. The largest absolute Gasteiger partial charge is 0.379 e. The van der Waals surface area contributed by atoms with Crippen molar-refractivity contribution in [2.24, 2.45) is 0 Å². The summed E-state index contributed by atoms with van der Waals surface area (Å²) in [5.74, 6) is -1.08. The van der Waals surface area contributed by atoms with Crippen molar-refractivity contribution in [2.45, 2.75) is 4.90 Å². The molecule has 1 saturated heterocycles. The highest BCUT2D eigenvalue weighted by Crippen LogP contribution is 2.23. The van der Waals surface area contributed by atoms with Crippen molar-refractivity contribution in [3.8, 4) is 0 Å². The topological polar surface area (TPSA) is 75.7 Å². The first-order chi connectivity index (χ1) is 12.4. The molecule has 1 N–H and O–H groups in total. The van der Waals surface area contributed by atoms with Crippen LogP contribution >= 0.6 is 15.9 Å². The molecule has 0 bridgehead atoms. The van der Waals surface area contributed by atoms with E-state index in [1.54, 1.807) is 12.1 Å². The first-order valence-electron chi connectivity index (χ1n) is 7.82. The number of morpholine rings is 1. The molecule has 1 amide bonds. The van der Waals surface area contributed by atoms with E-state index in [4.69, 9.17) is 4.74 Å². The number of carbonyl (C=O) groups is 1. The first kappa shape index (κ1) is 19.0. The predicted molar refractivity (Wildman–Crippen MR) is 98.1 cm³/mol. The van der Waals surface area contributed by atoms with E-state index < -0.39 is 21.7 Å². The molecule has 0 atom stereocenters. The van der Waals surface area contributed by atoms with E-state index in [9.17, 15) is 17.6 Å². The van der Waals surface area contributed by atoms with Crippen LogP contribution in [0.3, 0.4) is 0 Å². The Hall–Kier alpha value is -1.81. The average molecular weight is 443 g/mol. The van der Waals surface area contributed by atoms with Crippen LogP contribution in [-0.2, 0) is 14.8 Å². The third-order valence-corrected chi connectivity index (χ3v) is 6.46. The van der Waals surface area contributed by atoms with Gasteiger partial charge in [0, 0.05) is 23.2 Å². The van der Waals surface area contributed by atoms with Crippen molar-refractivity contribution >= 4 is 37.5 Å². The van der Waals surface area contributed by atoms with Gasteiger partial charge >= 0.3 is 0 Å². The summed E-state index contributed by atoms with van der Waals surface area (Å²) in [6, 6.07) is 9.75. The number of rotatable bonds is 4. The molecule has 138 valence electrons. The molecule has 1 heterocycles. The lowest BCUT2D eigenvalue weighted by Gasteiger charge is -2.26. The lowest BCUT2D eigenvalue weighted by Crippen LogP contribution is -2.40. The summed E-state index contributed by atoms with van der Waals surface area (Å²) < 4.78 is 45.7. The molecule has 0 saturated carbocycles. The van der Waals surface area contributed by atoms with Crippen molar-refractivity contribution in [1.82, 2.24) is 4.31 Å². The van der Waals surface area contributed by atoms with Gasteiger partial charge in [-0.1, -0.05) is 6.07 Å². The van der Waals surface area contributed by atoms with Gasteiger partial charge < -0.3 is 10.1 Å². The van der Waals surface area contributed by atoms with Crippen molar-refractivity contribution in [1.29, 1.82) is 0 Å². The summed E-state index contributed by atoms with van der Waals surface area (Å²) in [5, 5.41) is 2.60. The van der Waals surface area contributed by atoms with Crippen molar-refractivity contribution < 1.29 is 22.3 Å². The number of ether oxygens (including phenoxy) is 1. The van der Waals surface area contributed by atoms with Crippen LogP contribution in [0.5, 0.6) is 0 Å². The third kappa shape index (κ3) is 4.12. The van der Waals surface area contributed by atoms with Crippen molar-refractivity contribution in [2.75, 3.05) is 31.6 Å². The highest BCUT2D eigenvalue weighted by atomic mass is 79.9. The van der Waals surface area contributed by atoms with Crippen LogP contribution in [0.4, 0.5) is 10.1 Å². The standard InChI is InChI=1S/C17H16BrFN2O4S/c18-16-5-4-12(19)10-15(16)17(22)20-13-2-1-3-14(11-13)26(23,24)21-6-8-25-9-7-21/h1-5,10-11H,6-9H2,(H,20,22). The highest BCUT2D eigenvalue weighted by molar-refractivity contribution is 9.10. The molecule has 1 aliphatic heterocycles. The van der Waals surface area contributed by atoms with Crippen LogP contribution in [0.2, 0.25) is 0 Å². The highest BCUT2D eigenvalue weighted by Gasteiger charge is 2.26. The zero-order chi connectivity index (χ0) is 18.7. The molecule has 0 radical (unpaired) electrons. The summed E-state index contributed by atoms with van der Waals surface area (Å²) in [6.45, 7) is 1.27. The first-order valence-corrected chi connectivity index (χ1v) is 10.1. The molecule has 0 unspecified atom stereocenters. The maximum absolute atomic E-state index is 13.4. The normalized spacial score (nSPS) is 15.6. The lowest BCUT2D eigenvalue weighted by molar-refractivity contribution is 0.0730.